The van der Waals surface area contributed by atoms with Gasteiger partial charge in [0.15, 0.2) is 5.16 Å². The van der Waals surface area contributed by atoms with Gasteiger partial charge in [-0.2, -0.15) is 0 Å². The van der Waals surface area contributed by atoms with Crippen LogP contribution in [0.15, 0.2) is 38.7 Å². The van der Waals surface area contributed by atoms with Crippen molar-refractivity contribution in [2.45, 2.75) is 17.8 Å². The summed E-state index contributed by atoms with van der Waals surface area (Å²) in [5.74, 6) is 0.665. The van der Waals surface area contributed by atoms with Gasteiger partial charge < -0.3 is 4.98 Å². The van der Waals surface area contributed by atoms with Gasteiger partial charge in [0.25, 0.3) is 5.56 Å². The fraction of sp³-hybridized carbons (Fsp3) is 0.167. The smallest absolute Gasteiger partial charge is 0.251 e. The second-order valence-electron chi connectivity index (χ2n) is 3.72. The zero-order valence-electron chi connectivity index (χ0n) is 9.54. The number of benzene rings is 1. The number of nitrogens with one attached hydrogen (secondary N) is 1. The Morgan fingerprint density at radius 1 is 1.44 bits per heavy atom. The summed E-state index contributed by atoms with van der Waals surface area (Å²) in [5.41, 5.74) is 1.59. The number of aryl methyl sites for hydroxylation is 1. The Labute approximate surface area is 122 Å². The predicted octanol–water partition coefficient (Wildman–Crippen LogP) is 3.79. The summed E-state index contributed by atoms with van der Waals surface area (Å²) in [6, 6.07) is 7.21. The molecular formula is C12H10BrClN2OS. The van der Waals surface area contributed by atoms with Crippen LogP contribution in [0.25, 0.3) is 0 Å². The molecule has 0 atom stereocenters. The highest BCUT2D eigenvalue weighted by atomic mass is 79.9. The van der Waals surface area contributed by atoms with Crippen molar-refractivity contribution in [1.82, 2.24) is 9.97 Å². The van der Waals surface area contributed by atoms with Crippen LogP contribution in [0.4, 0.5) is 0 Å². The van der Waals surface area contributed by atoms with Crippen molar-refractivity contribution in [3.8, 4) is 0 Å². The topological polar surface area (TPSA) is 45.8 Å². The molecule has 0 fully saturated rings. The summed E-state index contributed by atoms with van der Waals surface area (Å²) in [6.07, 6.45) is 0. The second kappa shape index (κ2) is 5.91. The van der Waals surface area contributed by atoms with Gasteiger partial charge >= 0.3 is 0 Å². The maximum absolute atomic E-state index is 11.3. The Morgan fingerprint density at radius 2 is 2.22 bits per heavy atom. The number of thioether (sulfide) groups is 1. The molecule has 0 aliphatic carbocycles. The number of rotatable bonds is 3. The first kappa shape index (κ1) is 13.6. The first-order valence-electron chi connectivity index (χ1n) is 5.19. The molecule has 0 saturated carbocycles. The Bertz CT molecular complexity index is 630. The fourth-order valence-electron chi connectivity index (χ4n) is 1.40. The third kappa shape index (κ3) is 3.60. The first-order chi connectivity index (χ1) is 8.54. The van der Waals surface area contributed by atoms with Crippen LogP contribution in [0.5, 0.6) is 0 Å². The van der Waals surface area contributed by atoms with Crippen molar-refractivity contribution < 1.29 is 0 Å². The molecule has 1 heterocycles. The van der Waals surface area contributed by atoms with E-state index in [1.54, 1.807) is 6.92 Å². The molecule has 0 saturated heterocycles. The number of H-pyrrole nitrogens is 1. The van der Waals surface area contributed by atoms with Crippen LogP contribution in [0, 0.1) is 6.92 Å². The van der Waals surface area contributed by atoms with Gasteiger partial charge in [-0.05, 0) is 24.6 Å². The van der Waals surface area contributed by atoms with E-state index in [9.17, 15) is 4.79 Å². The zero-order chi connectivity index (χ0) is 13.1. The molecular weight excluding hydrogens is 336 g/mol. The summed E-state index contributed by atoms with van der Waals surface area (Å²) in [7, 11) is 0. The summed E-state index contributed by atoms with van der Waals surface area (Å²) >= 11 is 10.9. The molecule has 2 rings (SSSR count). The van der Waals surface area contributed by atoms with Gasteiger partial charge in [0.05, 0.1) is 0 Å². The van der Waals surface area contributed by atoms with E-state index in [1.165, 1.54) is 17.8 Å². The number of halogens is 2. The van der Waals surface area contributed by atoms with Gasteiger partial charge in [-0.25, -0.2) is 4.98 Å². The summed E-state index contributed by atoms with van der Waals surface area (Å²) in [6.45, 7) is 1.80. The van der Waals surface area contributed by atoms with Crippen molar-refractivity contribution in [2.24, 2.45) is 0 Å². The van der Waals surface area contributed by atoms with Crippen molar-refractivity contribution >= 4 is 39.3 Å². The van der Waals surface area contributed by atoms with Crippen molar-refractivity contribution in [1.29, 1.82) is 0 Å². The van der Waals surface area contributed by atoms with Crippen LogP contribution in [0.1, 0.15) is 11.3 Å². The van der Waals surface area contributed by atoms with Gasteiger partial charge in [-0.1, -0.05) is 45.4 Å². The Morgan fingerprint density at radius 3 is 2.89 bits per heavy atom. The minimum atomic E-state index is -0.132. The molecule has 0 radical (unpaired) electrons. The largest absolute Gasteiger partial charge is 0.301 e. The minimum Gasteiger partial charge on any atom is -0.301 e. The van der Waals surface area contributed by atoms with Gasteiger partial charge in [-0.3, -0.25) is 4.79 Å². The van der Waals surface area contributed by atoms with Gasteiger partial charge in [0.2, 0.25) is 0 Å². The van der Waals surface area contributed by atoms with E-state index in [0.29, 0.717) is 21.6 Å². The van der Waals surface area contributed by atoms with Gasteiger partial charge in [0, 0.05) is 27.0 Å². The van der Waals surface area contributed by atoms with Gasteiger partial charge in [0.1, 0.15) is 0 Å². The quantitative estimate of drug-likeness (QED) is 0.680. The monoisotopic (exact) mass is 344 g/mol. The third-order valence-electron chi connectivity index (χ3n) is 2.23. The summed E-state index contributed by atoms with van der Waals surface area (Å²) in [4.78, 5) is 18.2. The van der Waals surface area contributed by atoms with Crippen LogP contribution < -0.4 is 5.56 Å². The van der Waals surface area contributed by atoms with Crippen molar-refractivity contribution in [3.63, 3.8) is 0 Å². The SMILES string of the molecule is Cc1cc(=O)[nH]c(SCc2ccc(Br)cc2Cl)n1. The third-order valence-corrected chi connectivity index (χ3v) is 3.99. The minimum absolute atomic E-state index is 0.132. The van der Waals surface area contributed by atoms with Crippen LogP contribution in [0.2, 0.25) is 5.02 Å². The van der Waals surface area contributed by atoms with E-state index < -0.39 is 0 Å². The molecule has 2 aromatic rings. The van der Waals surface area contributed by atoms with E-state index in [2.05, 4.69) is 25.9 Å². The lowest BCUT2D eigenvalue weighted by Gasteiger charge is -2.04. The highest BCUT2D eigenvalue weighted by Crippen LogP contribution is 2.26. The molecule has 18 heavy (non-hydrogen) atoms. The lowest BCUT2D eigenvalue weighted by molar-refractivity contribution is 0.905. The second-order valence-corrected chi connectivity index (χ2v) is 6.00. The standard InChI is InChI=1S/C12H10BrClN2OS/c1-7-4-11(17)16-12(15-7)18-6-8-2-3-9(13)5-10(8)14/h2-5H,6H2,1H3,(H,15,16,17). The molecule has 1 aromatic heterocycles. The van der Waals surface area contributed by atoms with Crippen molar-refractivity contribution in [2.75, 3.05) is 0 Å². The highest BCUT2D eigenvalue weighted by Gasteiger charge is 2.04. The predicted molar refractivity (Wildman–Crippen MR) is 78.3 cm³/mol. The van der Waals surface area contributed by atoms with E-state index in [0.717, 1.165) is 10.0 Å². The van der Waals surface area contributed by atoms with E-state index in [1.807, 2.05) is 18.2 Å². The maximum Gasteiger partial charge on any atom is 0.251 e. The number of aromatic nitrogens is 2. The molecule has 0 aliphatic heterocycles. The normalized spacial score (nSPS) is 10.6. The molecule has 0 amide bonds. The van der Waals surface area contributed by atoms with Crippen LogP contribution in [0.3, 0.4) is 0 Å². The Balaban J connectivity index is 2.13. The highest BCUT2D eigenvalue weighted by molar-refractivity contribution is 9.10. The van der Waals surface area contributed by atoms with Gasteiger partial charge in [-0.15, -0.1) is 0 Å². The van der Waals surface area contributed by atoms with E-state index >= 15 is 0 Å². The number of hydrogen-bond donors (Lipinski definition) is 1. The van der Waals surface area contributed by atoms with E-state index in [4.69, 9.17) is 11.6 Å². The van der Waals surface area contributed by atoms with Crippen LogP contribution in [-0.4, -0.2) is 9.97 Å². The lowest BCUT2D eigenvalue weighted by atomic mass is 10.2. The average molecular weight is 346 g/mol. The molecule has 6 heteroatoms. The number of hydrogen-bond acceptors (Lipinski definition) is 3. The molecule has 94 valence electrons. The molecule has 0 spiro atoms. The maximum atomic E-state index is 11.3. The molecule has 0 bridgehead atoms. The molecule has 1 aromatic carbocycles. The summed E-state index contributed by atoms with van der Waals surface area (Å²) in [5, 5.41) is 1.31. The molecule has 0 unspecified atom stereocenters. The average Bonchev–Trinajstić information content (AvgIpc) is 2.26. The molecule has 0 aliphatic rings. The Hall–Kier alpha value is -0.780. The lowest BCUT2D eigenvalue weighted by Crippen LogP contribution is -2.08. The Kier molecular flexibility index (Phi) is 4.48. The molecule has 3 nitrogen and oxygen atoms in total. The molecule has 1 N–H and O–H groups in total. The number of nitrogens with zero attached hydrogens (tertiary/aromatic N) is 1. The summed E-state index contributed by atoms with van der Waals surface area (Å²) < 4.78 is 0.948. The van der Waals surface area contributed by atoms with Crippen molar-refractivity contribution in [3.05, 3.63) is 55.4 Å². The van der Waals surface area contributed by atoms with E-state index in [-0.39, 0.29) is 5.56 Å². The first-order valence-corrected chi connectivity index (χ1v) is 7.35. The number of aromatic amines is 1. The fourth-order valence-corrected chi connectivity index (χ4v) is 3.15. The van der Waals surface area contributed by atoms with Crippen LogP contribution >= 0.6 is 39.3 Å². The zero-order valence-corrected chi connectivity index (χ0v) is 12.7. The van der Waals surface area contributed by atoms with Crippen LogP contribution in [-0.2, 0) is 5.75 Å².